The predicted octanol–water partition coefficient (Wildman–Crippen LogP) is 3.13. The number of amides is 1. The molecule has 1 rings (SSSR count). The maximum Gasteiger partial charge on any atom is 0.416 e. The van der Waals surface area contributed by atoms with Gasteiger partial charge in [0.2, 0.25) is 5.91 Å². The van der Waals surface area contributed by atoms with Crippen LogP contribution < -0.4 is 0 Å². The number of carbonyl (C=O) groups excluding carboxylic acids is 1. The second-order valence-corrected chi connectivity index (χ2v) is 5.15. The summed E-state index contributed by atoms with van der Waals surface area (Å²) in [6.45, 7) is 1.58. The Balaban J connectivity index is 2.79. The van der Waals surface area contributed by atoms with Crippen LogP contribution in [0.3, 0.4) is 0 Å². The minimum Gasteiger partial charge on any atom is -0.481 e. The summed E-state index contributed by atoms with van der Waals surface area (Å²) in [6, 6.07) is 5.15. The first-order chi connectivity index (χ1) is 10.1. The highest BCUT2D eigenvalue weighted by atomic mass is 19.4. The molecule has 22 heavy (non-hydrogen) atoms. The van der Waals surface area contributed by atoms with Crippen molar-refractivity contribution in [1.82, 2.24) is 4.90 Å². The number of aliphatic carboxylic acids is 1. The molecular formula is C15H18F3NO3. The third-order valence-corrected chi connectivity index (χ3v) is 3.36. The number of halogens is 3. The van der Waals surface area contributed by atoms with Crippen molar-refractivity contribution in [3.63, 3.8) is 0 Å². The number of carboxylic acids is 1. The van der Waals surface area contributed by atoms with Crippen LogP contribution in [0.25, 0.3) is 0 Å². The largest absolute Gasteiger partial charge is 0.481 e. The molecule has 1 atom stereocenters. The number of rotatable bonds is 6. The highest BCUT2D eigenvalue weighted by Gasteiger charge is 2.34. The number of carboxylic acid groups (broad SMARTS) is 1. The van der Waals surface area contributed by atoms with Gasteiger partial charge in [0, 0.05) is 20.0 Å². The third kappa shape index (κ3) is 5.05. The van der Waals surface area contributed by atoms with Gasteiger partial charge in [-0.2, -0.15) is 13.2 Å². The lowest BCUT2D eigenvalue weighted by Gasteiger charge is -2.21. The highest BCUT2D eigenvalue weighted by molar-refractivity contribution is 5.77. The molecule has 1 aromatic carbocycles. The van der Waals surface area contributed by atoms with E-state index in [0.717, 1.165) is 6.07 Å². The van der Waals surface area contributed by atoms with E-state index in [1.165, 1.54) is 30.1 Å². The molecule has 1 amide bonds. The first-order valence-electron chi connectivity index (χ1n) is 6.74. The molecule has 0 saturated carbocycles. The summed E-state index contributed by atoms with van der Waals surface area (Å²) < 4.78 is 38.9. The van der Waals surface area contributed by atoms with Gasteiger partial charge in [-0.3, -0.25) is 9.59 Å². The van der Waals surface area contributed by atoms with Gasteiger partial charge in [-0.1, -0.05) is 25.1 Å². The minimum absolute atomic E-state index is 0.0296. The third-order valence-electron chi connectivity index (χ3n) is 3.36. The van der Waals surface area contributed by atoms with Gasteiger partial charge in [0.05, 0.1) is 12.0 Å². The lowest BCUT2D eigenvalue weighted by Crippen LogP contribution is -2.30. The average Bonchev–Trinajstić information content (AvgIpc) is 2.43. The van der Waals surface area contributed by atoms with E-state index in [1.54, 1.807) is 6.92 Å². The van der Waals surface area contributed by atoms with Gasteiger partial charge in [0.1, 0.15) is 0 Å². The van der Waals surface area contributed by atoms with Gasteiger partial charge in [0.15, 0.2) is 0 Å². The first kappa shape index (κ1) is 18.0. The van der Waals surface area contributed by atoms with E-state index >= 15 is 0 Å². The van der Waals surface area contributed by atoms with Crippen LogP contribution >= 0.6 is 0 Å². The Hall–Kier alpha value is -2.05. The molecule has 0 fully saturated rings. The Morgan fingerprint density at radius 1 is 1.27 bits per heavy atom. The van der Waals surface area contributed by atoms with E-state index in [1.807, 2.05) is 0 Å². The standard InChI is InChI=1S/C15H18F3NO3/c1-10(9-13(20)19(2)8-7-14(21)22)11-5-3-4-6-12(11)15(16,17)18/h3-6,10H,7-9H2,1-2H3,(H,21,22). The van der Waals surface area contributed by atoms with Crippen molar-refractivity contribution in [2.45, 2.75) is 31.9 Å². The van der Waals surface area contributed by atoms with Crippen LogP contribution in [0.1, 0.15) is 36.8 Å². The average molecular weight is 317 g/mol. The van der Waals surface area contributed by atoms with E-state index < -0.39 is 23.6 Å². The number of alkyl halides is 3. The van der Waals surface area contributed by atoms with Gasteiger partial charge < -0.3 is 10.0 Å². The molecule has 0 radical (unpaired) electrons. The highest BCUT2D eigenvalue weighted by Crippen LogP contribution is 2.36. The zero-order valence-corrected chi connectivity index (χ0v) is 12.4. The summed E-state index contributed by atoms with van der Waals surface area (Å²) in [4.78, 5) is 23.6. The lowest BCUT2D eigenvalue weighted by molar-refractivity contribution is -0.140. The van der Waals surface area contributed by atoms with Gasteiger partial charge in [-0.15, -0.1) is 0 Å². The minimum atomic E-state index is -4.47. The molecule has 0 aliphatic rings. The molecule has 0 saturated heterocycles. The molecule has 0 aromatic heterocycles. The van der Waals surface area contributed by atoms with Crippen LogP contribution in [0, 0.1) is 0 Å². The van der Waals surface area contributed by atoms with Gasteiger partial charge >= 0.3 is 12.1 Å². The molecule has 0 bridgehead atoms. The molecule has 122 valence electrons. The summed E-state index contributed by atoms with van der Waals surface area (Å²) >= 11 is 0. The Morgan fingerprint density at radius 3 is 2.41 bits per heavy atom. The van der Waals surface area contributed by atoms with Crippen LogP contribution in [0.15, 0.2) is 24.3 Å². The Morgan fingerprint density at radius 2 is 1.86 bits per heavy atom. The van der Waals surface area contributed by atoms with E-state index in [-0.39, 0.29) is 30.9 Å². The maximum absolute atomic E-state index is 13.0. The van der Waals surface area contributed by atoms with Crippen molar-refractivity contribution in [2.75, 3.05) is 13.6 Å². The van der Waals surface area contributed by atoms with Gasteiger partial charge in [0.25, 0.3) is 0 Å². The quantitative estimate of drug-likeness (QED) is 0.877. The Kier molecular flexibility index (Phi) is 5.96. The van der Waals surface area contributed by atoms with Crippen molar-refractivity contribution in [1.29, 1.82) is 0 Å². The molecular weight excluding hydrogens is 299 g/mol. The summed E-state index contributed by atoms with van der Waals surface area (Å²) in [6.07, 6.45) is -4.78. The van der Waals surface area contributed by atoms with Crippen LogP contribution in [0.2, 0.25) is 0 Å². The molecule has 0 aliphatic heterocycles. The molecule has 1 N–H and O–H groups in total. The second-order valence-electron chi connectivity index (χ2n) is 5.15. The van der Waals surface area contributed by atoms with Crippen molar-refractivity contribution in [2.24, 2.45) is 0 Å². The number of nitrogens with zero attached hydrogens (tertiary/aromatic N) is 1. The summed E-state index contributed by atoms with van der Waals surface area (Å²) in [5.74, 6) is -2.03. The molecule has 1 unspecified atom stereocenters. The van der Waals surface area contributed by atoms with Crippen molar-refractivity contribution in [3.05, 3.63) is 35.4 Å². The number of carbonyl (C=O) groups is 2. The fourth-order valence-corrected chi connectivity index (χ4v) is 2.10. The smallest absolute Gasteiger partial charge is 0.416 e. The zero-order valence-electron chi connectivity index (χ0n) is 12.4. The molecule has 4 nitrogen and oxygen atoms in total. The predicted molar refractivity (Wildman–Crippen MR) is 74.4 cm³/mol. The van der Waals surface area contributed by atoms with Crippen molar-refractivity contribution in [3.8, 4) is 0 Å². The molecule has 1 aromatic rings. The van der Waals surface area contributed by atoms with E-state index in [2.05, 4.69) is 0 Å². The van der Waals surface area contributed by atoms with E-state index in [0.29, 0.717) is 0 Å². The van der Waals surface area contributed by atoms with Gasteiger partial charge in [-0.25, -0.2) is 0 Å². The Bertz CT molecular complexity index is 543. The maximum atomic E-state index is 13.0. The van der Waals surface area contributed by atoms with E-state index in [4.69, 9.17) is 5.11 Å². The van der Waals surface area contributed by atoms with Crippen LogP contribution in [0.4, 0.5) is 13.2 Å². The summed E-state index contributed by atoms with van der Waals surface area (Å²) in [5, 5.41) is 8.57. The fourth-order valence-electron chi connectivity index (χ4n) is 2.10. The monoisotopic (exact) mass is 317 g/mol. The zero-order chi connectivity index (χ0) is 16.9. The van der Waals surface area contributed by atoms with Crippen LogP contribution in [-0.4, -0.2) is 35.5 Å². The molecule has 0 heterocycles. The Labute approximate surface area is 126 Å². The molecule has 0 spiro atoms. The first-order valence-corrected chi connectivity index (χ1v) is 6.74. The number of benzene rings is 1. The SMILES string of the molecule is CC(CC(=O)N(C)CCC(=O)O)c1ccccc1C(F)(F)F. The fraction of sp³-hybridized carbons (Fsp3) is 0.467. The van der Waals surface area contributed by atoms with E-state index in [9.17, 15) is 22.8 Å². The number of hydrogen-bond donors (Lipinski definition) is 1. The lowest BCUT2D eigenvalue weighted by atomic mass is 9.92. The van der Waals surface area contributed by atoms with Crippen molar-refractivity contribution < 1.29 is 27.9 Å². The van der Waals surface area contributed by atoms with Crippen molar-refractivity contribution >= 4 is 11.9 Å². The normalized spacial score (nSPS) is 12.8. The topological polar surface area (TPSA) is 57.6 Å². The summed E-state index contributed by atoms with van der Waals surface area (Å²) in [5.41, 5.74) is -0.682. The molecule has 7 heteroatoms. The summed E-state index contributed by atoms with van der Waals surface area (Å²) in [7, 11) is 1.44. The van der Waals surface area contributed by atoms with Gasteiger partial charge in [-0.05, 0) is 17.5 Å². The number of hydrogen-bond acceptors (Lipinski definition) is 2. The van der Waals surface area contributed by atoms with Crippen LogP contribution in [-0.2, 0) is 15.8 Å². The van der Waals surface area contributed by atoms with Crippen LogP contribution in [0.5, 0.6) is 0 Å². The molecule has 0 aliphatic carbocycles. The second kappa shape index (κ2) is 7.29.